The van der Waals surface area contributed by atoms with E-state index in [1.807, 2.05) is 13.8 Å². The Kier molecular flexibility index (Phi) is 5.10. The zero-order chi connectivity index (χ0) is 10.4. The molecule has 0 unspecified atom stereocenters. The summed E-state index contributed by atoms with van der Waals surface area (Å²) in [7, 11) is -2.78. The van der Waals surface area contributed by atoms with Crippen LogP contribution in [0.4, 0.5) is 0 Å². The van der Waals surface area contributed by atoms with Gasteiger partial charge in [-0.25, -0.2) is 0 Å². The van der Waals surface area contributed by atoms with E-state index in [1.165, 1.54) is 0 Å². The van der Waals surface area contributed by atoms with Crippen molar-refractivity contribution >= 4 is 7.60 Å². The van der Waals surface area contributed by atoms with E-state index in [-0.39, 0.29) is 0 Å². The Morgan fingerprint density at radius 2 is 1.86 bits per heavy atom. The maximum atomic E-state index is 12.0. The van der Waals surface area contributed by atoms with Gasteiger partial charge in [0.1, 0.15) is 0 Å². The Balaban J connectivity index is 2.29. The van der Waals surface area contributed by atoms with Gasteiger partial charge in [-0.2, -0.15) is 0 Å². The minimum atomic E-state index is -2.78. The quantitative estimate of drug-likeness (QED) is 0.666. The lowest BCUT2D eigenvalue weighted by Gasteiger charge is -2.28. The number of nitrogens with one attached hydrogen (secondary N) is 1. The summed E-state index contributed by atoms with van der Waals surface area (Å²) in [5, 5.41) is 3.19. The van der Waals surface area contributed by atoms with Crippen LogP contribution in [0.5, 0.6) is 0 Å². The Labute approximate surface area is 85.9 Å². The maximum absolute atomic E-state index is 12.0. The predicted octanol–water partition coefficient (Wildman–Crippen LogP) is 1.86. The van der Waals surface area contributed by atoms with Crippen molar-refractivity contribution in [2.75, 3.05) is 32.5 Å². The highest BCUT2D eigenvalue weighted by atomic mass is 31.2. The van der Waals surface area contributed by atoms with Gasteiger partial charge in [-0.05, 0) is 39.3 Å². The molecule has 0 bridgehead atoms. The van der Waals surface area contributed by atoms with E-state index in [0.717, 1.165) is 19.5 Å². The summed E-state index contributed by atoms with van der Waals surface area (Å²) in [6.45, 7) is 6.68. The molecule has 0 spiro atoms. The van der Waals surface area contributed by atoms with Crippen molar-refractivity contribution < 1.29 is 13.6 Å². The summed E-state index contributed by atoms with van der Waals surface area (Å²) < 4.78 is 22.4. The van der Waals surface area contributed by atoms with Crippen LogP contribution in [0.1, 0.15) is 20.3 Å². The first kappa shape index (κ1) is 12.2. The second-order valence-corrected chi connectivity index (χ2v) is 5.67. The van der Waals surface area contributed by atoms with Gasteiger partial charge in [0.2, 0.25) is 0 Å². The molecule has 4 nitrogen and oxygen atoms in total. The van der Waals surface area contributed by atoms with Crippen molar-refractivity contribution in [1.82, 2.24) is 5.32 Å². The van der Waals surface area contributed by atoms with Crippen LogP contribution in [0.25, 0.3) is 0 Å². The van der Waals surface area contributed by atoms with E-state index in [2.05, 4.69) is 5.32 Å². The SMILES string of the molecule is CCOP(=O)(CCC1CNC1)OCC. The van der Waals surface area contributed by atoms with Crippen LogP contribution in [0.2, 0.25) is 0 Å². The van der Waals surface area contributed by atoms with Crippen molar-refractivity contribution in [2.24, 2.45) is 5.92 Å². The standard InChI is InChI=1S/C9H20NO3P/c1-3-12-14(11,13-4-2)6-5-9-7-10-8-9/h9-10H,3-8H2,1-2H3. The smallest absolute Gasteiger partial charge is 0.316 e. The lowest BCUT2D eigenvalue weighted by atomic mass is 10.0. The molecule has 0 radical (unpaired) electrons. The molecule has 5 heteroatoms. The number of hydrogen-bond donors (Lipinski definition) is 1. The minimum Gasteiger partial charge on any atom is -0.316 e. The summed E-state index contributed by atoms with van der Waals surface area (Å²) in [6, 6.07) is 0. The van der Waals surface area contributed by atoms with Gasteiger partial charge in [-0.1, -0.05) is 0 Å². The summed E-state index contributed by atoms with van der Waals surface area (Å²) in [5.74, 6) is 0.657. The third kappa shape index (κ3) is 3.70. The highest BCUT2D eigenvalue weighted by Gasteiger charge is 2.26. The summed E-state index contributed by atoms with van der Waals surface area (Å²) in [5.41, 5.74) is 0. The fourth-order valence-electron chi connectivity index (χ4n) is 1.45. The molecule has 1 heterocycles. The summed E-state index contributed by atoms with van der Waals surface area (Å²) in [4.78, 5) is 0. The molecule has 1 N–H and O–H groups in total. The lowest BCUT2D eigenvalue weighted by Crippen LogP contribution is -2.42. The van der Waals surface area contributed by atoms with E-state index in [1.54, 1.807) is 0 Å². The second kappa shape index (κ2) is 5.86. The highest BCUT2D eigenvalue weighted by molar-refractivity contribution is 7.53. The summed E-state index contributed by atoms with van der Waals surface area (Å²) >= 11 is 0. The van der Waals surface area contributed by atoms with Crippen LogP contribution in [0.15, 0.2) is 0 Å². The maximum Gasteiger partial charge on any atom is 0.330 e. The molecule has 0 aromatic heterocycles. The first-order chi connectivity index (χ1) is 6.70. The van der Waals surface area contributed by atoms with Gasteiger partial charge in [-0.15, -0.1) is 0 Å². The van der Waals surface area contributed by atoms with E-state index >= 15 is 0 Å². The molecule has 1 fully saturated rings. The van der Waals surface area contributed by atoms with Crippen LogP contribution in [-0.4, -0.2) is 32.5 Å². The molecule has 0 aromatic carbocycles. The Hall–Kier alpha value is 0.110. The molecule has 1 aliphatic rings. The van der Waals surface area contributed by atoms with Crippen molar-refractivity contribution in [1.29, 1.82) is 0 Å². The average Bonchev–Trinajstić information content (AvgIpc) is 2.02. The minimum absolute atomic E-state index is 0.459. The highest BCUT2D eigenvalue weighted by Crippen LogP contribution is 2.49. The molecule has 14 heavy (non-hydrogen) atoms. The molecule has 1 saturated heterocycles. The van der Waals surface area contributed by atoms with Gasteiger partial charge in [0.15, 0.2) is 0 Å². The Morgan fingerprint density at radius 3 is 2.21 bits per heavy atom. The van der Waals surface area contributed by atoms with E-state index in [0.29, 0.717) is 25.3 Å². The monoisotopic (exact) mass is 221 g/mol. The average molecular weight is 221 g/mol. The molecule has 0 atom stereocenters. The second-order valence-electron chi connectivity index (χ2n) is 3.48. The van der Waals surface area contributed by atoms with Crippen LogP contribution >= 0.6 is 7.60 Å². The van der Waals surface area contributed by atoms with Gasteiger partial charge in [-0.3, -0.25) is 4.57 Å². The third-order valence-corrected chi connectivity index (χ3v) is 4.44. The van der Waals surface area contributed by atoms with Gasteiger partial charge >= 0.3 is 7.60 Å². The zero-order valence-electron chi connectivity index (χ0n) is 8.99. The van der Waals surface area contributed by atoms with Crippen molar-refractivity contribution in [2.45, 2.75) is 20.3 Å². The molecular weight excluding hydrogens is 201 g/mol. The lowest BCUT2D eigenvalue weighted by molar-refractivity contribution is 0.215. The molecule has 1 aliphatic heterocycles. The normalized spacial score (nSPS) is 18.1. The molecule has 84 valence electrons. The predicted molar refractivity (Wildman–Crippen MR) is 56.7 cm³/mol. The van der Waals surface area contributed by atoms with Crippen molar-refractivity contribution in [3.8, 4) is 0 Å². The van der Waals surface area contributed by atoms with Crippen LogP contribution in [0.3, 0.4) is 0 Å². The largest absolute Gasteiger partial charge is 0.330 e. The first-order valence-corrected chi connectivity index (χ1v) is 7.02. The van der Waals surface area contributed by atoms with Crippen molar-refractivity contribution in [3.05, 3.63) is 0 Å². The Morgan fingerprint density at radius 1 is 1.29 bits per heavy atom. The van der Waals surface area contributed by atoms with E-state index in [9.17, 15) is 4.57 Å². The van der Waals surface area contributed by atoms with E-state index in [4.69, 9.17) is 9.05 Å². The topological polar surface area (TPSA) is 47.6 Å². The Bertz CT molecular complexity index is 196. The van der Waals surface area contributed by atoms with Crippen LogP contribution in [-0.2, 0) is 13.6 Å². The molecule has 0 aromatic rings. The third-order valence-electron chi connectivity index (χ3n) is 2.33. The van der Waals surface area contributed by atoms with Crippen molar-refractivity contribution in [3.63, 3.8) is 0 Å². The van der Waals surface area contributed by atoms with E-state index < -0.39 is 7.60 Å². The first-order valence-electron chi connectivity index (χ1n) is 5.29. The zero-order valence-corrected chi connectivity index (χ0v) is 9.89. The molecular formula is C9H20NO3P. The molecule has 1 rings (SSSR count). The fourth-order valence-corrected chi connectivity index (χ4v) is 3.25. The molecule has 0 aliphatic carbocycles. The fraction of sp³-hybridized carbons (Fsp3) is 1.00. The number of hydrogen-bond acceptors (Lipinski definition) is 4. The number of rotatable bonds is 7. The molecule has 0 saturated carbocycles. The van der Waals surface area contributed by atoms with Gasteiger partial charge in [0.05, 0.1) is 19.4 Å². The summed E-state index contributed by atoms with van der Waals surface area (Å²) in [6.07, 6.45) is 1.49. The molecule has 0 amide bonds. The van der Waals surface area contributed by atoms with Gasteiger partial charge < -0.3 is 14.4 Å². The van der Waals surface area contributed by atoms with Crippen LogP contribution in [0, 0.1) is 5.92 Å². The van der Waals surface area contributed by atoms with Gasteiger partial charge in [0, 0.05) is 0 Å². The van der Waals surface area contributed by atoms with Gasteiger partial charge in [0.25, 0.3) is 0 Å². The van der Waals surface area contributed by atoms with Crippen LogP contribution < -0.4 is 5.32 Å².